The Morgan fingerprint density at radius 1 is 1.21 bits per heavy atom. The number of carboxylic acid groups (broad SMARTS) is 1. The molecule has 11 heteroatoms. The fourth-order valence-corrected chi connectivity index (χ4v) is 2.48. The molecule has 0 radical (unpaired) electrons. The Balaban J connectivity index is 0.000000479. The second-order valence-electron chi connectivity index (χ2n) is 6.39. The van der Waals surface area contributed by atoms with E-state index in [4.69, 9.17) is 14.6 Å². The summed E-state index contributed by atoms with van der Waals surface area (Å²) in [5, 5.41) is 9.85. The molecule has 0 spiro atoms. The minimum absolute atomic E-state index is 0.257. The molecule has 33 heavy (non-hydrogen) atoms. The lowest BCUT2D eigenvalue weighted by atomic mass is 10.1. The van der Waals surface area contributed by atoms with Crippen molar-refractivity contribution in [2.24, 2.45) is 0 Å². The summed E-state index contributed by atoms with van der Waals surface area (Å²) in [5.74, 6) is -2.66. The van der Waals surface area contributed by atoms with Gasteiger partial charge in [-0.2, -0.15) is 13.2 Å². The number of methoxy groups -OCH3 is 1. The number of rotatable bonds is 6. The standard InChI is InChI=1S/C20H18FN3O2.C2HF3O2/c1-26-19-12-15(5-7-18(19)24-10-9-22-14-24)6-8-20(25)23-13-16-3-2-4-17(21)11-16;3-2(4,5)1(6)7/h2-12,14H,13H2,1H3,(H,23,25);(H,6,7)/b8-6+;. The second-order valence-corrected chi connectivity index (χ2v) is 6.39. The third kappa shape index (κ3) is 8.13. The number of carboxylic acids is 1. The number of benzene rings is 2. The topological polar surface area (TPSA) is 93.5 Å². The van der Waals surface area contributed by atoms with Gasteiger partial charge in [-0.1, -0.05) is 18.2 Å². The number of nitrogens with one attached hydrogen (secondary N) is 1. The van der Waals surface area contributed by atoms with Crippen LogP contribution >= 0.6 is 0 Å². The van der Waals surface area contributed by atoms with Crippen LogP contribution in [0.15, 0.2) is 67.3 Å². The van der Waals surface area contributed by atoms with Crippen molar-refractivity contribution >= 4 is 18.0 Å². The lowest BCUT2D eigenvalue weighted by molar-refractivity contribution is -0.192. The van der Waals surface area contributed by atoms with E-state index in [2.05, 4.69) is 10.3 Å². The highest BCUT2D eigenvalue weighted by molar-refractivity contribution is 5.91. The Labute approximate surface area is 185 Å². The first kappa shape index (κ1) is 25.1. The maximum atomic E-state index is 13.1. The van der Waals surface area contributed by atoms with Crippen LogP contribution in [0, 0.1) is 5.82 Å². The number of aliphatic carboxylic acids is 1. The van der Waals surface area contributed by atoms with Gasteiger partial charge in [0, 0.05) is 25.0 Å². The molecule has 0 atom stereocenters. The molecule has 3 aromatic rings. The van der Waals surface area contributed by atoms with Gasteiger partial charge in [0.15, 0.2) is 0 Å². The van der Waals surface area contributed by atoms with E-state index in [1.807, 2.05) is 29.0 Å². The Bertz CT molecular complexity index is 1110. The summed E-state index contributed by atoms with van der Waals surface area (Å²) < 4.78 is 52.1. The number of amides is 1. The summed E-state index contributed by atoms with van der Waals surface area (Å²) in [5.41, 5.74) is 2.39. The molecule has 0 fully saturated rings. The summed E-state index contributed by atoms with van der Waals surface area (Å²) in [6, 6.07) is 11.7. The van der Waals surface area contributed by atoms with Crippen LogP contribution in [-0.4, -0.2) is 39.8 Å². The zero-order valence-corrected chi connectivity index (χ0v) is 17.2. The maximum absolute atomic E-state index is 13.1. The first-order valence-corrected chi connectivity index (χ1v) is 9.27. The van der Waals surface area contributed by atoms with Crippen LogP contribution in [0.3, 0.4) is 0 Å². The van der Waals surface area contributed by atoms with Gasteiger partial charge < -0.3 is 19.7 Å². The molecule has 2 N–H and O–H groups in total. The Kier molecular flexibility index (Phi) is 8.72. The zero-order valence-electron chi connectivity index (χ0n) is 17.2. The molecule has 1 amide bonds. The quantitative estimate of drug-likeness (QED) is 0.424. The number of aromatic nitrogens is 2. The van der Waals surface area contributed by atoms with Crippen molar-refractivity contribution in [3.05, 3.63) is 84.2 Å². The van der Waals surface area contributed by atoms with Gasteiger partial charge in [0.25, 0.3) is 0 Å². The number of hydrogen-bond acceptors (Lipinski definition) is 4. The summed E-state index contributed by atoms with van der Waals surface area (Å²) >= 11 is 0. The first-order valence-electron chi connectivity index (χ1n) is 9.27. The summed E-state index contributed by atoms with van der Waals surface area (Å²) in [7, 11) is 1.59. The average molecular weight is 465 g/mol. The third-order valence-corrected chi connectivity index (χ3v) is 4.01. The number of alkyl halides is 3. The van der Waals surface area contributed by atoms with Crippen molar-refractivity contribution in [1.82, 2.24) is 14.9 Å². The fraction of sp³-hybridized carbons (Fsp3) is 0.136. The molecule has 1 heterocycles. The number of carbonyl (C=O) groups is 2. The molecule has 3 rings (SSSR count). The van der Waals surface area contributed by atoms with Crippen molar-refractivity contribution in [2.75, 3.05) is 7.11 Å². The number of nitrogens with zero attached hydrogens (tertiary/aromatic N) is 2. The van der Waals surface area contributed by atoms with E-state index in [1.54, 1.807) is 37.8 Å². The average Bonchev–Trinajstić information content (AvgIpc) is 3.30. The molecule has 0 saturated carbocycles. The summed E-state index contributed by atoms with van der Waals surface area (Å²) in [4.78, 5) is 24.9. The van der Waals surface area contributed by atoms with E-state index in [0.29, 0.717) is 11.3 Å². The molecule has 1 aromatic heterocycles. The molecule has 0 aliphatic carbocycles. The molecule has 0 saturated heterocycles. The minimum Gasteiger partial charge on any atom is -0.495 e. The Hall–Kier alpha value is -4.15. The van der Waals surface area contributed by atoms with Gasteiger partial charge in [0.05, 0.1) is 19.1 Å². The predicted molar refractivity (Wildman–Crippen MR) is 111 cm³/mol. The number of carbonyl (C=O) groups excluding carboxylic acids is 1. The molecule has 0 aliphatic rings. The van der Waals surface area contributed by atoms with Gasteiger partial charge in [-0.25, -0.2) is 14.2 Å². The summed E-state index contributed by atoms with van der Waals surface area (Å²) in [6.07, 6.45) is 3.25. The monoisotopic (exact) mass is 465 g/mol. The smallest absolute Gasteiger partial charge is 0.490 e. The molecule has 7 nitrogen and oxygen atoms in total. The Morgan fingerprint density at radius 3 is 2.52 bits per heavy atom. The van der Waals surface area contributed by atoms with Crippen LogP contribution in [0.1, 0.15) is 11.1 Å². The van der Waals surface area contributed by atoms with Crippen LogP contribution < -0.4 is 10.1 Å². The lowest BCUT2D eigenvalue weighted by Crippen LogP contribution is -2.21. The van der Waals surface area contributed by atoms with Crippen molar-refractivity contribution in [2.45, 2.75) is 12.7 Å². The van der Waals surface area contributed by atoms with Crippen molar-refractivity contribution in [3.63, 3.8) is 0 Å². The number of imidazole rings is 1. The molecule has 0 bridgehead atoms. The van der Waals surface area contributed by atoms with Crippen LogP contribution in [-0.2, 0) is 16.1 Å². The van der Waals surface area contributed by atoms with E-state index in [0.717, 1.165) is 11.3 Å². The largest absolute Gasteiger partial charge is 0.495 e. The Morgan fingerprint density at radius 2 is 1.94 bits per heavy atom. The highest BCUT2D eigenvalue weighted by Crippen LogP contribution is 2.24. The highest BCUT2D eigenvalue weighted by Gasteiger charge is 2.38. The third-order valence-electron chi connectivity index (χ3n) is 4.01. The van der Waals surface area contributed by atoms with Gasteiger partial charge >= 0.3 is 12.1 Å². The van der Waals surface area contributed by atoms with Gasteiger partial charge in [0.2, 0.25) is 5.91 Å². The molecular weight excluding hydrogens is 446 g/mol. The normalized spacial score (nSPS) is 10.9. The molecular formula is C22H19F4N3O4. The summed E-state index contributed by atoms with van der Waals surface area (Å²) in [6.45, 7) is 0.268. The van der Waals surface area contributed by atoms with Crippen LogP contribution in [0.2, 0.25) is 0 Å². The number of hydrogen-bond donors (Lipinski definition) is 2. The first-order chi connectivity index (χ1) is 15.6. The lowest BCUT2D eigenvalue weighted by Gasteiger charge is -2.09. The van der Waals surface area contributed by atoms with Crippen LogP contribution in [0.25, 0.3) is 11.8 Å². The van der Waals surface area contributed by atoms with Crippen molar-refractivity contribution in [3.8, 4) is 11.4 Å². The number of ether oxygens (including phenoxy) is 1. The predicted octanol–water partition coefficient (Wildman–Crippen LogP) is 3.98. The van der Waals surface area contributed by atoms with Crippen LogP contribution in [0.5, 0.6) is 5.75 Å². The SMILES string of the molecule is COc1cc(/C=C/C(=O)NCc2cccc(F)c2)ccc1-n1ccnc1.O=C(O)C(F)(F)F. The van der Waals surface area contributed by atoms with Gasteiger partial charge in [-0.05, 0) is 41.5 Å². The second kappa shape index (κ2) is 11.5. The highest BCUT2D eigenvalue weighted by atomic mass is 19.4. The van der Waals surface area contributed by atoms with Gasteiger partial charge in [-0.3, -0.25) is 4.79 Å². The van der Waals surface area contributed by atoms with Gasteiger partial charge in [-0.15, -0.1) is 0 Å². The van der Waals surface area contributed by atoms with E-state index < -0.39 is 12.1 Å². The van der Waals surface area contributed by atoms with Crippen LogP contribution in [0.4, 0.5) is 17.6 Å². The van der Waals surface area contributed by atoms with E-state index >= 15 is 0 Å². The fourth-order valence-electron chi connectivity index (χ4n) is 2.48. The molecule has 0 aliphatic heterocycles. The van der Waals surface area contributed by atoms with E-state index in [-0.39, 0.29) is 18.3 Å². The van der Waals surface area contributed by atoms with Gasteiger partial charge in [0.1, 0.15) is 11.6 Å². The molecule has 2 aromatic carbocycles. The van der Waals surface area contributed by atoms with Crippen molar-refractivity contribution in [1.29, 1.82) is 0 Å². The zero-order chi connectivity index (χ0) is 24.4. The number of halogens is 4. The van der Waals surface area contributed by atoms with Crippen molar-refractivity contribution < 1.29 is 37.0 Å². The molecule has 174 valence electrons. The minimum atomic E-state index is -5.08. The van der Waals surface area contributed by atoms with E-state index in [9.17, 15) is 22.4 Å². The van der Waals surface area contributed by atoms with E-state index in [1.165, 1.54) is 18.2 Å². The molecule has 0 unspecified atom stereocenters. The maximum Gasteiger partial charge on any atom is 0.490 e.